The van der Waals surface area contributed by atoms with E-state index in [4.69, 9.17) is 4.74 Å². The Morgan fingerprint density at radius 2 is 1.76 bits per heavy atom. The zero-order chi connectivity index (χ0) is 17.9. The molecule has 2 N–H and O–H groups in total. The van der Waals surface area contributed by atoms with E-state index in [1.165, 1.54) is 19.2 Å². The molecule has 6 heteroatoms. The third kappa shape index (κ3) is 3.63. The van der Waals surface area contributed by atoms with E-state index in [2.05, 4.69) is 10.9 Å². The van der Waals surface area contributed by atoms with E-state index in [0.717, 1.165) is 11.1 Å². The standard InChI is InChI=1S/C19H19FN2O3/c1-25-16-5-3-2-4-13(16)12-17(23)21-22-18(24)19(10-11-19)14-6-8-15(20)9-7-14/h2-9H,10-12H2,1H3,(H,21,23)(H,22,24). The van der Waals surface area contributed by atoms with E-state index in [1.807, 2.05) is 12.1 Å². The Labute approximate surface area is 145 Å². The topological polar surface area (TPSA) is 67.4 Å². The number of para-hydroxylation sites is 1. The fourth-order valence-corrected chi connectivity index (χ4v) is 2.85. The summed E-state index contributed by atoms with van der Waals surface area (Å²) in [6, 6.07) is 13.1. The van der Waals surface area contributed by atoms with Gasteiger partial charge in [-0.2, -0.15) is 0 Å². The fourth-order valence-electron chi connectivity index (χ4n) is 2.85. The van der Waals surface area contributed by atoms with Gasteiger partial charge in [0.05, 0.1) is 18.9 Å². The number of rotatable bonds is 5. The van der Waals surface area contributed by atoms with E-state index in [1.54, 1.807) is 24.3 Å². The molecule has 2 amide bonds. The van der Waals surface area contributed by atoms with Gasteiger partial charge in [-0.3, -0.25) is 20.4 Å². The number of benzene rings is 2. The quantitative estimate of drug-likeness (QED) is 0.819. The van der Waals surface area contributed by atoms with Crippen LogP contribution in [0.25, 0.3) is 0 Å². The second kappa shape index (κ2) is 6.93. The normalized spacial score (nSPS) is 14.5. The maximum Gasteiger partial charge on any atom is 0.249 e. The van der Waals surface area contributed by atoms with Gasteiger partial charge in [-0.25, -0.2) is 4.39 Å². The van der Waals surface area contributed by atoms with Crippen LogP contribution in [0.15, 0.2) is 48.5 Å². The van der Waals surface area contributed by atoms with Gasteiger partial charge in [0.1, 0.15) is 11.6 Å². The van der Waals surface area contributed by atoms with E-state index in [0.29, 0.717) is 18.6 Å². The van der Waals surface area contributed by atoms with Gasteiger partial charge in [0.25, 0.3) is 0 Å². The molecule has 0 aromatic heterocycles. The summed E-state index contributed by atoms with van der Waals surface area (Å²) in [5.74, 6) is -0.348. The van der Waals surface area contributed by atoms with Gasteiger partial charge in [-0.15, -0.1) is 0 Å². The average Bonchev–Trinajstić information content (AvgIpc) is 3.42. The molecule has 0 unspecified atom stereocenters. The van der Waals surface area contributed by atoms with Crippen LogP contribution in [0.2, 0.25) is 0 Å². The number of hydrogen-bond acceptors (Lipinski definition) is 3. The SMILES string of the molecule is COc1ccccc1CC(=O)NNC(=O)C1(c2ccc(F)cc2)CC1. The summed E-state index contributed by atoms with van der Waals surface area (Å²) in [4.78, 5) is 24.5. The molecule has 2 aromatic carbocycles. The van der Waals surface area contributed by atoms with Crippen LogP contribution >= 0.6 is 0 Å². The third-order valence-electron chi connectivity index (χ3n) is 4.44. The number of halogens is 1. The molecule has 2 aromatic rings. The van der Waals surface area contributed by atoms with Crippen LogP contribution in [-0.4, -0.2) is 18.9 Å². The lowest BCUT2D eigenvalue weighted by Gasteiger charge is -2.16. The highest BCUT2D eigenvalue weighted by molar-refractivity contribution is 5.93. The van der Waals surface area contributed by atoms with Crippen LogP contribution in [0.4, 0.5) is 4.39 Å². The Hall–Kier alpha value is -2.89. The van der Waals surface area contributed by atoms with Gasteiger partial charge in [0.15, 0.2) is 0 Å². The summed E-state index contributed by atoms with van der Waals surface area (Å²) in [5.41, 5.74) is 5.74. The van der Waals surface area contributed by atoms with E-state index >= 15 is 0 Å². The van der Waals surface area contributed by atoms with Crippen molar-refractivity contribution in [2.75, 3.05) is 7.11 Å². The van der Waals surface area contributed by atoms with E-state index in [-0.39, 0.29) is 24.1 Å². The van der Waals surface area contributed by atoms with Crippen LogP contribution in [0, 0.1) is 5.82 Å². The lowest BCUT2D eigenvalue weighted by molar-refractivity contribution is -0.130. The molecule has 0 spiro atoms. The molecule has 1 aliphatic rings. The Morgan fingerprint density at radius 3 is 2.40 bits per heavy atom. The van der Waals surface area contributed by atoms with E-state index < -0.39 is 5.41 Å². The second-order valence-corrected chi connectivity index (χ2v) is 6.08. The summed E-state index contributed by atoms with van der Waals surface area (Å²) in [5, 5.41) is 0. The molecular formula is C19H19FN2O3. The Bertz CT molecular complexity index is 786. The lowest BCUT2D eigenvalue weighted by atomic mass is 9.95. The lowest BCUT2D eigenvalue weighted by Crippen LogP contribution is -2.47. The number of carbonyl (C=O) groups is 2. The molecule has 0 heterocycles. The summed E-state index contributed by atoms with van der Waals surface area (Å²) in [6.45, 7) is 0. The van der Waals surface area contributed by atoms with Crippen molar-refractivity contribution < 1.29 is 18.7 Å². The summed E-state index contributed by atoms with van der Waals surface area (Å²) >= 11 is 0. The first-order valence-corrected chi connectivity index (χ1v) is 8.02. The molecule has 0 radical (unpaired) electrons. The van der Waals surface area contributed by atoms with Gasteiger partial charge in [-0.05, 0) is 36.6 Å². The minimum Gasteiger partial charge on any atom is -0.496 e. The smallest absolute Gasteiger partial charge is 0.249 e. The van der Waals surface area contributed by atoms with Crippen molar-refractivity contribution in [1.29, 1.82) is 0 Å². The molecule has 1 saturated carbocycles. The molecular weight excluding hydrogens is 323 g/mol. The zero-order valence-electron chi connectivity index (χ0n) is 13.8. The van der Waals surface area contributed by atoms with Crippen LogP contribution in [0.5, 0.6) is 5.75 Å². The van der Waals surface area contributed by atoms with Crippen molar-refractivity contribution in [1.82, 2.24) is 10.9 Å². The molecule has 5 nitrogen and oxygen atoms in total. The zero-order valence-corrected chi connectivity index (χ0v) is 13.8. The largest absolute Gasteiger partial charge is 0.496 e. The minimum atomic E-state index is -0.675. The van der Waals surface area contributed by atoms with Crippen LogP contribution in [-0.2, 0) is 21.4 Å². The minimum absolute atomic E-state index is 0.0911. The molecule has 0 saturated heterocycles. The summed E-state index contributed by atoms with van der Waals surface area (Å²) < 4.78 is 18.3. The van der Waals surface area contributed by atoms with Gasteiger partial charge in [0, 0.05) is 5.56 Å². The third-order valence-corrected chi connectivity index (χ3v) is 4.44. The number of hydrazine groups is 1. The van der Waals surface area contributed by atoms with Crippen molar-refractivity contribution in [2.24, 2.45) is 0 Å². The summed E-state index contributed by atoms with van der Waals surface area (Å²) in [7, 11) is 1.54. The maximum absolute atomic E-state index is 13.1. The number of ether oxygens (including phenoxy) is 1. The molecule has 1 fully saturated rings. The van der Waals surface area contributed by atoms with Gasteiger partial charge in [0.2, 0.25) is 11.8 Å². The monoisotopic (exact) mass is 342 g/mol. The van der Waals surface area contributed by atoms with Crippen LogP contribution in [0.1, 0.15) is 24.0 Å². The first-order chi connectivity index (χ1) is 12.0. The molecule has 1 aliphatic carbocycles. The van der Waals surface area contributed by atoms with Crippen molar-refractivity contribution in [3.63, 3.8) is 0 Å². The number of methoxy groups -OCH3 is 1. The maximum atomic E-state index is 13.1. The van der Waals surface area contributed by atoms with Gasteiger partial charge in [-0.1, -0.05) is 30.3 Å². The first kappa shape index (κ1) is 17.0. The molecule has 130 valence electrons. The van der Waals surface area contributed by atoms with Gasteiger partial charge < -0.3 is 4.74 Å². The molecule has 0 atom stereocenters. The van der Waals surface area contributed by atoms with Gasteiger partial charge >= 0.3 is 0 Å². The number of nitrogens with one attached hydrogen (secondary N) is 2. The Balaban J connectivity index is 1.59. The van der Waals surface area contributed by atoms with E-state index in [9.17, 15) is 14.0 Å². The summed E-state index contributed by atoms with van der Waals surface area (Å²) in [6.07, 6.45) is 1.44. The molecule has 25 heavy (non-hydrogen) atoms. The number of amides is 2. The highest BCUT2D eigenvalue weighted by atomic mass is 19.1. The van der Waals surface area contributed by atoms with Crippen molar-refractivity contribution in [3.05, 3.63) is 65.5 Å². The predicted octanol–water partition coefficient (Wildman–Crippen LogP) is 2.26. The molecule has 0 aliphatic heterocycles. The molecule has 0 bridgehead atoms. The van der Waals surface area contributed by atoms with Crippen LogP contribution < -0.4 is 15.6 Å². The highest BCUT2D eigenvalue weighted by Crippen LogP contribution is 2.48. The number of carbonyl (C=O) groups excluding carboxylic acids is 2. The van der Waals surface area contributed by atoms with Crippen molar-refractivity contribution in [2.45, 2.75) is 24.7 Å². The second-order valence-electron chi connectivity index (χ2n) is 6.08. The number of hydrogen-bond donors (Lipinski definition) is 2. The Morgan fingerprint density at radius 1 is 1.08 bits per heavy atom. The van der Waals surface area contributed by atoms with Crippen molar-refractivity contribution in [3.8, 4) is 5.75 Å². The molecule has 3 rings (SSSR count). The Kier molecular flexibility index (Phi) is 4.70. The van der Waals surface area contributed by atoms with Crippen LogP contribution in [0.3, 0.4) is 0 Å². The fraction of sp³-hybridized carbons (Fsp3) is 0.263. The highest BCUT2D eigenvalue weighted by Gasteiger charge is 2.51. The first-order valence-electron chi connectivity index (χ1n) is 8.02. The van der Waals surface area contributed by atoms with Crippen molar-refractivity contribution >= 4 is 11.8 Å². The average molecular weight is 342 g/mol. The predicted molar refractivity (Wildman–Crippen MR) is 90.3 cm³/mol.